The molecule has 1 heterocycles. The molecular formula is C10H18N2O. The summed E-state index contributed by atoms with van der Waals surface area (Å²) in [5.41, 5.74) is 0. The molecule has 1 aliphatic carbocycles. The lowest BCUT2D eigenvalue weighted by atomic mass is 10.1. The van der Waals surface area contributed by atoms with E-state index in [1.807, 2.05) is 11.8 Å². The van der Waals surface area contributed by atoms with Crippen LogP contribution in [-0.4, -0.2) is 29.6 Å². The molecule has 2 aliphatic rings. The van der Waals surface area contributed by atoms with Gasteiger partial charge >= 0.3 is 0 Å². The minimum absolute atomic E-state index is 0.0350. The number of rotatable bonds is 1. The largest absolute Gasteiger partial charge is 0.325 e. The van der Waals surface area contributed by atoms with Crippen molar-refractivity contribution in [3.63, 3.8) is 0 Å². The highest BCUT2D eigenvalue weighted by atomic mass is 16.2. The molecule has 1 amide bonds. The average molecular weight is 182 g/mol. The van der Waals surface area contributed by atoms with Crippen LogP contribution in [0.1, 0.15) is 33.1 Å². The van der Waals surface area contributed by atoms with Crippen LogP contribution in [-0.2, 0) is 4.79 Å². The summed E-state index contributed by atoms with van der Waals surface area (Å²) in [6, 6.07) is 0.540. The van der Waals surface area contributed by atoms with Gasteiger partial charge in [-0.1, -0.05) is 13.3 Å². The molecule has 1 N–H and O–H groups in total. The van der Waals surface area contributed by atoms with E-state index in [0.717, 1.165) is 6.67 Å². The maximum atomic E-state index is 11.7. The molecule has 0 spiro atoms. The molecule has 0 aromatic rings. The Morgan fingerprint density at radius 2 is 2.15 bits per heavy atom. The summed E-state index contributed by atoms with van der Waals surface area (Å²) < 4.78 is 0. The second-order valence-electron chi connectivity index (χ2n) is 4.37. The number of amides is 1. The van der Waals surface area contributed by atoms with Crippen molar-refractivity contribution in [3.05, 3.63) is 0 Å². The Labute approximate surface area is 79.5 Å². The van der Waals surface area contributed by atoms with Crippen LogP contribution in [0.5, 0.6) is 0 Å². The van der Waals surface area contributed by atoms with Crippen LogP contribution < -0.4 is 5.32 Å². The first kappa shape index (κ1) is 9.00. The van der Waals surface area contributed by atoms with Crippen molar-refractivity contribution in [3.8, 4) is 0 Å². The van der Waals surface area contributed by atoms with Crippen molar-refractivity contribution in [2.45, 2.75) is 45.2 Å². The fourth-order valence-electron chi connectivity index (χ4n) is 2.52. The quantitative estimate of drug-likeness (QED) is 0.655. The van der Waals surface area contributed by atoms with Gasteiger partial charge in [-0.2, -0.15) is 0 Å². The lowest BCUT2D eigenvalue weighted by molar-refractivity contribution is -0.131. The van der Waals surface area contributed by atoms with Gasteiger partial charge in [-0.05, 0) is 25.7 Å². The Morgan fingerprint density at radius 1 is 1.38 bits per heavy atom. The van der Waals surface area contributed by atoms with Gasteiger partial charge in [-0.3, -0.25) is 10.1 Å². The molecule has 1 aliphatic heterocycles. The fourth-order valence-corrected chi connectivity index (χ4v) is 2.52. The average Bonchev–Trinajstić information content (AvgIpc) is 2.62. The van der Waals surface area contributed by atoms with Gasteiger partial charge in [-0.25, -0.2) is 0 Å². The Bertz CT molecular complexity index is 217. The van der Waals surface area contributed by atoms with E-state index < -0.39 is 0 Å². The van der Waals surface area contributed by atoms with E-state index in [1.165, 1.54) is 19.3 Å². The summed E-state index contributed by atoms with van der Waals surface area (Å²) in [4.78, 5) is 13.7. The Balaban J connectivity index is 2.04. The Hall–Kier alpha value is -0.570. The molecule has 0 aromatic carbocycles. The van der Waals surface area contributed by atoms with Crippen LogP contribution in [0.2, 0.25) is 0 Å². The second kappa shape index (κ2) is 3.29. The summed E-state index contributed by atoms with van der Waals surface area (Å²) in [6.45, 7) is 4.96. The minimum atomic E-state index is 0.0350. The molecule has 3 nitrogen and oxygen atoms in total. The number of hydrogen-bond acceptors (Lipinski definition) is 2. The molecule has 0 bridgehead atoms. The molecule has 1 saturated carbocycles. The predicted molar refractivity (Wildman–Crippen MR) is 51.1 cm³/mol. The van der Waals surface area contributed by atoms with Gasteiger partial charge in [0.15, 0.2) is 0 Å². The molecule has 3 atom stereocenters. The van der Waals surface area contributed by atoms with Crippen LogP contribution >= 0.6 is 0 Å². The highest BCUT2D eigenvalue weighted by Crippen LogP contribution is 2.30. The van der Waals surface area contributed by atoms with Crippen molar-refractivity contribution in [1.29, 1.82) is 0 Å². The molecule has 0 radical (unpaired) electrons. The monoisotopic (exact) mass is 182 g/mol. The lowest BCUT2D eigenvalue weighted by Crippen LogP contribution is -2.39. The molecular weight excluding hydrogens is 164 g/mol. The van der Waals surface area contributed by atoms with Gasteiger partial charge in [0, 0.05) is 6.04 Å². The first-order valence-electron chi connectivity index (χ1n) is 5.24. The summed E-state index contributed by atoms with van der Waals surface area (Å²) >= 11 is 0. The number of hydrogen-bond donors (Lipinski definition) is 1. The smallest absolute Gasteiger partial charge is 0.240 e. The van der Waals surface area contributed by atoms with E-state index in [1.54, 1.807) is 0 Å². The van der Waals surface area contributed by atoms with E-state index in [0.29, 0.717) is 17.9 Å². The maximum absolute atomic E-state index is 11.7. The number of carbonyl (C=O) groups is 1. The third-order valence-corrected chi connectivity index (χ3v) is 3.44. The molecule has 2 fully saturated rings. The zero-order chi connectivity index (χ0) is 9.42. The molecule has 2 rings (SSSR count). The highest BCUT2D eigenvalue weighted by molar-refractivity contribution is 5.83. The SMILES string of the molecule is CC1NCN(C2CCCC2C)C1=O. The topological polar surface area (TPSA) is 32.3 Å². The van der Waals surface area contributed by atoms with Crippen molar-refractivity contribution in [2.75, 3.05) is 6.67 Å². The van der Waals surface area contributed by atoms with Crippen LogP contribution in [0.15, 0.2) is 0 Å². The zero-order valence-electron chi connectivity index (χ0n) is 8.42. The third-order valence-electron chi connectivity index (χ3n) is 3.44. The van der Waals surface area contributed by atoms with Crippen LogP contribution in [0.3, 0.4) is 0 Å². The van der Waals surface area contributed by atoms with E-state index in [4.69, 9.17) is 0 Å². The van der Waals surface area contributed by atoms with Gasteiger partial charge in [-0.15, -0.1) is 0 Å². The van der Waals surface area contributed by atoms with Gasteiger partial charge in [0.2, 0.25) is 5.91 Å². The molecule has 3 unspecified atom stereocenters. The molecule has 1 saturated heterocycles. The van der Waals surface area contributed by atoms with Gasteiger partial charge in [0.05, 0.1) is 12.7 Å². The Morgan fingerprint density at radius 3 is 2.62 bits per heavy atom. The van der Waals surface area contributed by atoms with Crippen molar-refractivity contribution >= 4 is 5.91 Å². The van der Waals surface area contributed by atoms with Gasteiger partial charge in [0.25, 0.3) is 0 Å². The van der Waals surface area contributed by atoms with Gasteiger partial charge < -0.3 is 4.90 Å². The summed E-state index contributed by atoms with van der Waals surface area (Å²) in [5.74, 6) is 0.981. The minimum Gasteiger partial charge on any atom is -0.325 e. The number of nitrogens with one attached hydrogen (secondary N) is 1. The first-order valence-corrected chi connectivity index (χ1v) is 5.24. The van der Waals surface area contributed by atoms with E-state index in [9.17, 15) is 4.79 Å². The van der Waals surface area contributed by atoms with E-state index >= 15 is 0 Å². The third kappa shape index (κ3) is 1.46. The maximum Gasteiger partial charge on any atom is 0.240 e. The number of carbonyl (C=O) groups excluding carboxylic acids is 1. The lowest BCUT2D eigenvalue weighted by Gasteiger charge is -2.26. The number of nitrogens with zero attached hydrogens (tertiary/aromatic N) is 1. The van der Waals surface area contributed by atoms with Crippen LogP contribution in [0, 0.1) is 5.92 Å². The first-order chi connectivity index (χ1) is 6.20. The second-order valence-corrected chi connectivity index (χ2v) is 4.37. The summed E-state index contributed by atoms with van der Waals surface area (Å²) in [7, 11) is 0. The zero-order valence-corrected chi connectivity index (χ0v) is 8.42. The molecule has 3 heteroatoms. The summed E-state index contributed by atoms with van der Waals surface area (Å²) in [6.07, 6.45) is 3.76. The molecule has 0 aromatic heterocycles. The van der Waals surface area contributed by atoms with E-state index in [-0.39, 0.29) is 6.04 Å². The van der Waals surface area contributed by atoms with Crippen molar-refractivity contribution in [2.24, 2.45) is 5.92 Å². The van der Waals surface area contributed by atoms with Crippen LogP contribution in [0.25, 0.3) is 0 Å². The standard InChI is InChI=1S/C10H18N2O/c1-7-4-3-5-9(7)12-6-11-8(2)10(12)13/h7-9,11H,3-6H2,1-2H3. The van der Waals surface area contributed by atoms with E-state index in [2.05, 4.69) is 12.2 Å². The normalized spacial score (nSPS) is 40.3. The van der Waals surface area contributed by atoms with Gasteiger partial charge in [0.1, 0.15) is 0 Å². The molecule has 74 valence electrons. The fraction of sp³-hybridized carbons (Fsp3) is 0.900. The van der Waals surface area contributed by atoms with Crippen LogP contribution in [0.4, 0.5) is 0 Å². The summed E-state index contributed by atoms with van der Waals surface area (Å²) in [5, 5.41) is 3.19. The molecule has 13 heavy (non-hydrogen) atoms. The van der Waals surface area contributed by atoms with Crippen molar-refractivity contribution < 1.29 is 4.79 Å². The Kier molecular flexibility index (Phi) is 2.28. The highest BCUT2D eigenvalue weighted by Gasteiger charge is 2.37. The predicted octanol–water partition coefficient (Wildman–Crippen LogP) is 0.953. The van der Waals surface area contributed by atoms with Crippen molar-refractivity contribution in [1.82, 2.24) is 10.2 Å².